The van der Waals surface area contributed by atoms with E-state index in [4.69, 9.17) is 5.73 Å². The summed E-state index contributed by atoms with van der Waals surface area (Å²) in [6.07, 6.45) is -3.74. The topological polar surface area (TPSA) is 500 Å². The molecular weight excluding hydrogens is 1010 g/mol. The lowest BCUT2D eigenvalue weighted by atomic mass is 10.1. The number of nitrogens with zero attached hydrogens (tertiary/aromatic N) is 3. The summed E-state index contributed by atoms with van der Waals surface area (Å²) in [6, 6.07) is -5.71. The molecule has 2 aromatic heterocycles. The van der Waals surface area contributed by atoms with Crippen molar-refractivity contribution < 1.29 is 83.1 Å². The smallest absolute Gasteiger partial charge is 0.327 e. The number of anilines is 2. The molecule has 73 heavy (non-hydrogen) atoms. The predicted octanol–water partition coefficient (Wildman–Crippen LogP) is -4.30. The van der Waals surface area contributed by atoms with E-state index in [1.54, 1.807) is 0 Å². The van der Waals surface area contributed by atoms with Crippen molar-refractivity contribution in [2.75, 3.05) is 29.1 Å². The van der Waals surface area contributed by atoms with E-state index in [1.165, 1.54) is 41.3 Å². The summed E-state index contributed by atoms with van der Waals surface area (Å²) in [5.41, 5.74) is 5.72. The van der Waals surface area contributed by atoms with Gasteiger partial charge in [-0.25, -0.2) is 19.6 Å². The molecule has 1 saturated heterocycles. The second-order valence-electron chi connectivity index (χ2n) is 15.5. The number of benzene rings is 1. The van der Waals surface area contributed by atoms with Crippen LogP contribution in [0.2, 0.25) is 0 Å². The standard InChI is InChI=1S/C40H47N13O18S2/c41-40-52-31-30(37(67)53-40)45-18(13-44-31)12-42-17-3-1-16(2-4-17)32(62)47-19(38(68)69)5-6-26(55)46-20(9-27(56)57)33(63)48-21(10-28(58)59)34(64)49-22(11-29(60)61)35(65)50-23-14-43-25(54)7-8-72-73-15-24(39(70)71)51-36(23)66/h1-4,13,19-24,42H,5-12,14-15H2,(H,43,54)(H,46,55)(H,47,62)(H,48,63)(H,49,64)(H,50,65)(H,51,66)(H,56,57)(H,58,59)(H,60,61)(H,68,69)(H,70,71)(H3,41,44,52,53,67)/t19-,20-,21-,22-,23-,24-/m0/s1. The Balaban J connectivity index is 1.38. The van der Waals surface area contributed by atoms with Gasteiger partial charge in [0.25, 0.3) is 11.5 Å². The summed E-state index contributed by atoms with van der Waals surface area (Å²) in [5.74, 6) is -16.4. The Labute approximate surface area is 417 Å². The molecule has 1 aliphatic rings. The highest BCUT2D eigenvalue weighted by atomic mass is 33.1. The molecule has 392 valence electrons. The van der Waals surface area contributed by atoms with Crippen molar-refractivity contribution in [3.8, 4) is 0 Å². The minimum atomic E-state index is -2.20. The molecule has 33 heteroatoms. The number of fused-ring (bicyclic) bond motifs is 1. The van der Waals surface area contributed by atoms with Gasteiger partial charge < -0.3 is 73.8 Å². The van der Waals surface area contributed by atoms with Gasteiger partial charge in [0.15, 0.2) is 11.2 Å². The highest BCUT2D eigenvalue weighted by molar-refractivity contribution is 8.76. The summed E-state index contributed by atoms with van der Waals surface area (Å²) in [5, 5.41) is 65.8. The number of H-pyrrole nitrogens is 1. The van der Waals surface area contributed by atoms with Gasteiger partial charge >= 0.3 is 29.8 Å². The fraction of sp³-hybridized carbons (Fsp3) is 0.400. The van der Waals surface area contributed by atoms with Crippen molar-refractivity contribution in [2.45, 2.75) is 81.3 Å². The summed E-state index contributed by atoms with van der Waals surface area (Å²) >= 11 is 0. The number of aliphatic carboxylic acids is 5. The molecule has 1 aliphatic heterocycles. The third-order valence-electron chi connectivity index (χ3n) is 9.91. The van der Waals surface area contributed by atoms with Crippen LogP contribution in [0, 0.1) is 0 Å². The van der Waals surface area contributed by atoms with Crippen molar-refractivity contribution in [3.63, 3.8) is 0 Å². The molecule has 0 spiro atoms. The zero-order chi connectivity index (χ0) is 53.9. The van der Waals surface area contributed by atoms with Gasteiger partial charge in [-0.15, -0.1) is 0 Å². The van der Waals surface area contributed by atoms with Crippen LogP contribution in [0.15, 0.2) is 35.3 Å². The number of amides is 7. The van der Waals surface area contributed by atoms with E-state index < -0.39 is 152 Å². The lowest BCUT2D eigenvalue weighted by Gasteiger charge is -2.26. The SMILES string of the molecule is Nc1nc2ncc(CNc3ccc(C(=O)N[C@@H](CCC(=O)N[C@@H](CC(=O)O)C(=O)N[C@@H](CC(=O)O)C(=O)N[C@@H](CC(=O)O)C(=O)N[C@H]4CNC(=O)CCSSC[C@@H](C(=O)O)NC4=O)C(=O)O)cc3)nc2c(=O)[nH]1. The van der Waals surface area contributed by atoms with Crippen molar-refractivity contribution in [2.24, 2.45) is 0 Å². The number of rotatable bonds is 23. The number of nitrogens with one attached hydrogen (secondary N) is 9. The van der Waals surface area contributed by atoms with E-state index in [9.17, 15) is 87.9 Å². The maximum Gasteiger partial charge on any atom is 0.327 e. The van der Waals surface area contributed by atoms with Crippen LogP contribution >= 0.6 is 21.6 Å². The average molecular weight is 1060 g/mol. The first-order chi connectivity index (χ1) is 34.5. The minimum absolute atomic E-state index is 0.0156. The van der Waals surface area contributed by atoms with E-state index in [0.29, 0.717) is 11.4 Å². The summed E-state index contributed by atoms with van der Waals surface area (Å²) < 4.78 is 0. The summed E-state index contributed by atoms with van der Waals surface area (Å²) in [7, 11) is 2.21. The number of nitrogen functional groups attached to an aromatic ring is 1. The maximum atomic E-state index is 13.5. The van der Waals surface area contributed by atoms with Crippen molar-refractivity contribution in [1.29, 1.82) is 0 Å². The molecule has 3 heterocycles. The van der Waals surface area contributed by atoms with Crippen LogP contribution in [0.1, 0.15) is 54.6 Å². The van der Waals surface area contributed by atoms with Crippen LogP contribution in [0.4, 0.5) is 11.6 Å². The number of carbonyl (C=O) groups excluding carboxylic acids is 7. The Morgan fingerprint density at radius 2 is 1.36 bits per heavy atom. The van der Waals surface area contributed by atoms with E-state index in [-0.39, 0.29) is 47.1 Å². The van der Waals surface area contributed by atoms with Gasteiger partial charge in [-0.3, -0.25) is 57.7 Å². The van der Waals surface area contributed by atoms with Crippen molar-refractivity contribution in [3.05, 3.63) is 52.1 Å². The Morgan fingerprint density at radius 1 is 0.753 bits per heavy atom. The predicted molar refractivity (Wildman–Crippen MR) is 251 cm³/mol. The molecule has 0 aliphatic carbocycles. The first-order valence-corrected chi connectivity index (χ1v) is 23.8. The quantitative estimate of drug-likeness (QED) is 0.0400. The fourth-order valence-corrected chi connectivity index (χ4v) is 8.41. The third-order valence-corrected chi connectivity index (χ3v) is 12.3. The highest BCUT2D eigenvalue weighted by Crippen LogP contribution is 2.23. The van der Waals surface area contributed by atoms with Crippen LogP contribution in [0.25, 0.3) is 11.2 Å². The molecule has 0 bridgehead atoms. The lowest BCUT2D eigenvalue weighted by Crippen LogP contribution is -2.61. The molecule has 0 saturated carbocycles. The summed E-state index contributed by atoms with van der Waals surface area (Å²) in [4.78, 5) is 178. The Kier molecular flexibility index (Phi) is 21.2. The van der Waals surface area contributed by atoms with Gasteiger partial charge in [0.2, 0.25) is 41.4 Å². The van der Waals surface area contributed by atoms with E-state index in [2.05, 4.69) is 46.5 Å². The molecule has 1 aromatic carbocycles. The minimum Gasteiger partial charge on any atom is -0.481 e. The van der Waals surface area contributed by atoms with E-state index >= 15 is 0 Å². The van der Waals surface area contributed by atoms with Gasteiger partial charge in [0.1, 0.15) is 36.3 Å². The van der Waals surface area contributed by atoms with E-state index in [0.717, 1.165) is 10.8 Å². The Bertz CT molecular complexity index is 2690. The normalized spacial score (nSPS) is 16.7. The molecule has 16 N–H and O–H groups in total. The third kappa shape index (κ3) is 18.6. The molecule has 0 unspecified atom stereocenters. The Morgan fingerprint density at radius 3 is 1.95 bits per heavy atom. The second-order valence-corrected chi connectivity index (χ2v) is 18.1. The van der Waals surface area contributed by atoms with Crippen LogP contribution in [0.3, 0.4) is 0 Å². The maximum absolute atomic E-state index is 13.5. The monoisotopic (exact) mass is 1060 g/mol. The number of carbonyl (C=O) groups is 12. The van der Waals surface area contributed by atoms with Crippen LogP contribution < -0.4 is 53.8 Å². The van der Waals surface area contributed by atoms with Crippen LogP contribution in [-0.2, 0) is 59.3 Å². The van der Waals surface area contributed by atoms with Crippen LogP contribution in [0.5, 0.6) is 0 Å². The van der Waals surface area contributed by atoms with Gasteiger partial charge in [0.05, 0.1) is 37.7 Å². The number of nitrogens with two attached hydrogens (primary N) is 1. The second kappa shape index (κ2) is 27.1. The molecular formula is C40H47N13O18S2. The van der Waals surface area contributed by atoms with Gasteiger partial charge in [-0.2, -0.15) is 4.98 Å². The number of carboxylic acids is 5. The van der Waals surface area contributed by atoms with Crippen LogP contribution in [-0.4, -0.2) is 171 Å². The number of hydrogen-bond acceptors (Lipinski definition) is 20. The molecule has 6 atom stereocenters. The van der Waals surface area contributed by atoms with Gasteiger partial charge in [-0.05, 0) is 30.7 Å². The zero-order valence-electron chi connectivity index (χ0n) is 37.7. The highest BCUT2D eigenvalue weighted by Gasteiger charge is 2.35. The zero-order valence-corrected chi connectivity index (χ0v) is 39.3. The van der Waals surface area contributed by atoms with Gasteiger partial charge in [0, 0.05) is 42.1 Å². The lowest BCUT2D eigenvalue weighted by molar-refractivity contribution is -0.144. The fourth-order valence-electron chi connectivity index (χ4n) is 6.27. The molecule has 7 amide bonds. The molecule has 31 nitrogen and oxygen atoms in total. The number of aromatic nitrogens is 4. The molecule has 3 aromatic rings. The number of hydrogen-bond donors (Lipinski definition) is 15. The van der Waals surface area contributed by atoms with Gasteiger partial charge in [-0.1, -0.05) is 21.6 Å². The first-order valence-electron chi connectivity index (χ1n) is 21.3. The number of carboxylic acid groups (broad SMARTS) is 5. The Hall–Kier alpha value is -8.62. The molecule has 1 fully saturated rings. The first kappa shape index (κ1) is 57.0. The summed E-state index contributed by atoms with van der Waals surface area (Å²) in [6.45, 7) is -0.547. The average Bonchev–Trinajstić information content (AvgIpc) is 3.31. The van der Waals surface area contributed by atoms with Crippen molar-refractivity contribution in [1.82, 2.24) is 57.2 Å². The molecule has 0 radical (unpaired) electrons. The number of aromatic amines is 1. The van der Waals surface area contributed by atoms with E-state index in [1.807, 2.05) is 16.0 Å². The van der Waals surface area contributed by atoms with Crippen molar-refractivity contribution >= 4 is 116 Å². The molecule has 4 rings (SSSR count). The largest absolute Gasteiger partial charge is 0.481 e.